The zero-order valence-corrected chi connectivity index (χ0v) is 15.6. The molecule has 0 atom stereocenters. The van der Waals surface area contributed by atoms with Crippen molar-refractivity contribution < 1.29 is 8.42 Å². The van der Waals surface area contributed by atoms with Crippen LogP contribution in [0, 0.1) is 18.3 Å². The maximum Gasteiger partial charge on any atom is 0.241 e. The minimum absolute atomic E-state index is 0.000927. The summed E-state index contributed by atoms with van der Waals surface area (Å²) in [6.45, 7) is 2.15. The lowest BCUT2D eigenvalue weighted by Gasteiger charge is -2.07. The van der Waals surface area contributed by atoms with Gasteiger partial charge in [-0.25, -0.2) is 18.1 Å². The van der Waals surface area contributed by atoms with Gasteiger partial charge < -0.3 is 0 Å². The van der Waals surface area contributed by atoms with Gasteiger partial charge in [-0.2, -0.15) is 5.26 Å². The third-order valence-corrected chi connectivity index (χ3v) is 6.55. The molecule has 2 heterocycles. The number of rotatable bonds is 6. The fourth-order valence-electron chi connectivity index (χ4n) is 2.45. The number of nitriles is 1. The summed E-state index contributed by atoms with van der Waals surface area (Å²) in [6.07, 6.45) is 3.96. The second-order valence-corrected chi connectivity index (χ2v) is 8.34. The van der Waals surface area contributed by atoms with Crippen molar-refractivity contribution >= 4 is 21.4 Å². The summed E-state index contributed by atoms with van der Waals surface area (Å²) in [4.78, 5) is 9.57. The summed E-state index contributed by atoms with van der Waals surface area (Å²) in [7, 11) is -3.73. The van der Waals surface area contributed by atoms with E-state index < -0.39 is 10.0 Å². The topological polar surface area (TPSA) is 95.7 Å². The van der Waals surface area contributed by atoms with Crippen LogP contribution in [-0.2, 0) is 16.4 Å². The average Bonchev–Trinajstić information content (AvgIpc) is 3.03. The molecular formula is C18H16N4O2S2. The number of benzene rings is 1. The molecule has 0 saturated carbocycles. The van der Waals surface area contributed by atoms with Crippen molar-refractivity contribution in [3.8, 4) is 16.6 Å². The molecule has 0 spiro atoms. The third-order valence-electron chi connectivity index (χ3n) is 3.76. The van der Waals surface area contributed by atoms with Gasteiger partial charge in [0.15, 0.2) is 0 Å². The number of nitrogens with zero attached hydrogens (tertiary/aromatic N) is 3. The number of thiazole rings is 1. The lowest BCUT2D eigenvalue weighted by atomic mass is 10.2. The molecule has 1 N–H and O–H groups in total. The van der Waals surface area contributed by atoms with E-state index in [9.17, 15) is 8.42 Å². The van der Waals surface area contributed by atoms with Gasteiger partial charge in [0.1, 0.15) is 11.1 Å². The minimum Gasteiger partial charge on any atom is -0.265 e. The standard InChI is InChI=1S/C18H16N4O2S2/c1-13-16(25-18(22-13)14-6-9-20-10-7-14)8-11-21-26(23,24)17-5-3-2-4-15(17)12-19/h2-7,9-10,21H,8,11H2,1H3. The van der Waals surface area contributed by atoms with Crippen LogP contribution >= 0.6 is 11.3 Å². The lowest BCUT2D eigenvalue weighted by Crippen LogP contribution is -2.26. The summed E-state index contributed by atoms with van der Waals surface area (Å²) < 4.78 is 27.4. The summed E-state index contributed by atoms with van der Waals surface area (Å²) in [5.41, 5.74) is 2.01. The monoisotopic (exact) mass is 384 g/mol. The molecule has 3 rings (SSSR count). The number of hydrogen-bond donors (Lipinski definition) is 1. The van der Waals surface area contributed by atoms with Crippen molar-refractivity contribution in [1.29, 1.82) is 5.26 Å². The molecule has 1 aromatic carbocycles. The first-order chi connectivity index (χ1) is 12.5. The van der Waals surface area contributed by atoms with E-state index in [1.165, 1.54) is 12.1 Å². The Bertz CT molecular complexity index is 1050. The highest BCUT2D eigenvalue weighted by Gasteiger charge is 2.18. The van der Waals surface area contributed by atoms with Crippen molar-refractivity contribution in [1.82, 2.24) is 14.7 Å². The Labute approximate surface area is 156 Å². The molecule has 0 bridgehead atoms. The van der Waals surface area contributed by atoms with E-state index in [1.54, 1.807) is 35.9 Å². The maximum absolute atomic E-state index is 12.4. The van der Waals surface area contributed by atoms with Crippen LogP contribution in [0.4, 0.5) is 0 Å². The van der Waals surface area contributed by atoms with E-state index in [0.717, 1.165) is 21.1 Å². The molecule has 8 heteroatoms. The predicted molar refractivity (Wildman–Crippen MR) is 100 cm³/mol. The van der Waals surface area contributed by atoms with E-state index in [0.29, 0.717) is 6.42 Å². The van der Waals surface area contributed by atoms with Crippen molar-refractivity contribution in [3.63, 3.8) is 0 Å². The van der Waals surface area contributed by atoms with E-state index in [4.69, 9.17) is 5.26 Å². The Morgan fingerprint density at radius 1 is 1.19 bits per heavy atom. The van der Waals surface area contributed by atoms with Crippen LogP contribution in [0.3, 0.4) is 0 Å². The Hall–Kier alpha value is -2.60. The molecule has 26 heavy (non-hydrogen) atoms. The van der Waals surface area contributed by atoms with Crippen molar-refractivity contribution in [2.75, 3.05) is 6.54 Å². The van der Waals surface area contributed by atoms with Gasteiger partial charge in [0, 0.05) is 29.4 Å². The van der Waals surface area contributed by atoms with Crippen LogP contribution in [0.15, 0.2) is 53.7 Å². The summed E-state index contributed by atoms with van der Waals surface area (Å²) >= 11 is 1.54. The number of hydrogen-bond acceptors (Lipinski definition) is 6. The summed E-state index contributed by atoms with van der Waals surface area (Å²) in [5, 5.41) is 9.97. The van der Waals surface area contributed by atoms with Crippen LogP contribution in [0.25, 0.3) is 10.6 Å². The Morgan fingerprint density at radius 3 is 2.65 bits per heavy atom. The number of aromatic nitrogens is 2. The summed E-state index contributed by atoms with van der Waals surface area (Å²) in [6, 6.07) is 11.9. The van der Waals surface area contributed by atoms with Crippen molar-refractivity contribution in [3.05, 3.63) is 64.9 Å². The molecule has 0 saturated heterocycles. The fraction of sp³-hybridized carbons (Fsp3) is 0.167. The zero-order chi connectivity index (χ0) is 18.6. The van der Waals surface area contributed by atoms with Gasteiger partial charge in [0.25, 0.3) is 0 Å². The molecule has 3 aromatic rings. The summed E-state index contributed by atoms with van der Waals surface area (Å²) in [5.74, 6) is 0. The van der Waals surface area contributed by atoms with Gasteiger partial charge in [-0.3, -0.25) is 4.98 Å². The smallest absolute Gasteiger partial charge is 0.241 e. The van der Waals surface area contributed by atoms with Gasteiger partial charge in [0.05, 0.1) is 16.2 Å². The quantitative estimate of drug-likeness (QED) is 0.705. The maximum atomic E-state index is 12.4. The van der Waals surface area contributed by atoms with Crippen LogP contribution in [-0.4, -0.2) is 24.9 Å². The van der Waals surface area contributed by atoms with Gasteiger partial charge in [-0.1, -0.05) is 12.1 Å². The fourth-order valence-corrected chi connectivity index (χ4v) is 4.70. The molecule has 6 nitrogen and oxygen atoms in total. The Balaban J connectivity index is 1.71. The van der Waals surface area contributed by atoms with E-state index >= 15 is 0 Å². The highest BCUT2D eigenvalue weighted by atomic mass is 32.2. The SMILES string of the molecule is Cc1nc(-c2ccncc2)sc1CCNS(=O)(=O)c1ccccc1C#N. The zero-order valence-electron chi connectivity index (χ0n) is 14.0. The molecule has 0 unspecified atom stereocenters. The van der Waals surface area contributed by atoms with Crippen molar-refractivity contribution in [2.24, 2.45) is 0 Å². The molecule has 0 aliphatic heterocycles. The Morgan fingerprint density at radius 2 is 1.92 bits per heavy atom. The molecular weight excluding hydrogens is 368 g/mol. The van der Waals surface area contributed by atoms with Crippen molar-refractivity contribution in [2.45, 2.75) is 18.2 Å². The molecule has 132 valence electrons. The van der Waals surface area contributed by atoms with Crippen LogP contribution in [0.2, 0.25) is 0 Å². The van der Waals surface area contributed by atoms with Crippen LogP contribution < -0.4 is 4.72 Å². The van der Waals surface area contributed by atoms with Gasteiger partial charge in [0.2, 0.25) is 10.0 Å². The molecule has 0 radical (unpaired) electrons. The highest BCUT2D eigenvalue weighted by Crippen LogP contribution is 2.27. The van der Waals surface area contributed by atoms with Crippen LogP contribution in [0.5, 0.6) is 0 Å². The molecule has 0 amide bonds. The van der Waals surface area contributed by atoms with E-state index in [1.807, 2.05) is 25.1 Å². The lowest BCUT2D eigenvalue weighted by molar-refractivity contribution is 0.581. The first-order valence-electron chi connectivity index (χ1n) is 7.87. The first kappa shape index (κ1) is 18.2. The predicted octanol–water partition coefficient (Wildman–Crippen LogP) is 2.91. The minimum atomic E-state index is -3.73. The molecule has 0 fully saturated rings. The Kier molecular flexibility index (Phi) is 5.42. The number of aryl methyl sites for hydroxylation is 1. The first-order valence-corrected chi connectivity index (χ1v) is 10.2. The second-order valence-electron chi connectivity index (χ2n) is 5.52. The van der Waals surface area contributed by atoms with Gasteiger partial charge in [-0.15, -0.1) is 11.3 Å². The second kappa shape index (κ2) is 7.74. The van der Waals surface area contributed by atoms with E-state index in [2.05, 4.69) is 14.7 Å². The third kappa shape index (κ3) is 3.96. The average molecular weight is 384 g/mol. The largest absolute Gasteiger partial charge is 0.265 e. The number of pyridine rings is 1. The normalized spacial score (nSPS) is 11.2. The number of nitrogens with one attached hydrogen (secondary N) is 1. The molecule has 0 aliphatic carbocycles. The molecule has 2 aromatic heterocycles. The molecule has 0 aliphatic rings. The van der Waals surface area contributed by atoms with Gasteiger partial charge in [-0.05, 0) is 37.6 Å². The van der Waals surface area contributed by atoms with Gasteiger partial charge >= 0.3 is 0 Å². The van der Waals surface area contributed by atoms with E-state index in [-0.39, 0.29) is 17.0 Å². The van der Waals surface area contributed by atoms with Crippen LogP contribution in [0.1, 0.15) is 16.1 Å². The number of sulfonamides is 1. The highest BCUT2D eigenvalue weighted by molar-refractivity contribution is 7.89.